The summed E-state index contributed by atoms with van der Waals surface area (Å²) in [5, 5.41) is 12.5. The molecule has 0 aromatic heterocycles. The van der Waals surface area contributed by atoms with Crippen LogP contribution in [0, 0.1) is 6.92 Å². The number of benzene rings is 2. The van der Waals surface area contributed by atoms with Gasteiger partial charge in [0, 0.05) is 12.6 Å². The Labute approximate surface area is 133 Å². The Hall–Kier alpha value is -1.84. The van der Waals surface area contributed by atoms with Crippen LogP contribution in [-0.2, 0) is 13.2 Å². The molecular formula is C19H25NO2. The second-order valence-corrected chi connectivity index (χ2v) is 5.59. The van der Waals surface area contributed by atoms with E-state index >= 15 is 0 Å². The van der Waals surface area contributed by atoms with E-state index in [9.17, 15) is 5.11 Å². The van der Waals surface area contributed by atoms with Crippen molar-refractivity contribution in [2.45, 2.75) is 39.5 Å². The number of ether oxygens (including phenoxy) is 1. The van der Waals surface area contributed by atoms with Gasteiger partial charge in [-0.3, -0.25) is 0 Å². The van der Waals surface area contributed by atoms with Crippen molar-refractivity contribution in [3.63, 3.8) is 0 Å². The standard InChI is InChI=1S/C19H25NO2/c1-3-18(13-21)20-12-16-7-5-9-19(11-16)22-14-17-8-4-6-15(2)10-17/h4-11,18,20-21H,3,12-14H2,1-2H3. The van der Waals surface area contributed by atoms with Gasteiger partial charge in [0.05, 0.1) is 6.61 Å². The summed E-state index contributed by atoms with van der Waals surface area (Å²) < 4.78 is 5.87. The maximum atomic E-state index is 9.20. The molecular weight excluding hydrogens is 274 g/mol. The van der Waals surface area contributed by atoms with Gasteiger partial charge in [-0.2, -0.15) is 0 Å². The van der Waals surface area contributed by atoms with Gasteiger partial charge in [0.2, 0.25) is 0 Å². The molecule has 3 nitrogen and oxygen atoms in total. The second-order valence-electron chi connectivity index (χ2n) is 5.59. The minimum absolute atomic E-state index is 0.150. The summed E-state index contributed by atoms with van der Waals surface area (Å²) in [6, 6.07) is 16.6. The zero-order valence-corrected chi connectivity index (χ0v) is 13.4. The highest BCUT2D eigenvalue weighted by atomic mass is 16.5. The first kappa shape index (κ1) is 16.5. The first-order valence-corrected chi connectivity index (χ1v) is 7.82. The maximum absolute atomic E-state index is 9.20. The van der Waals surface area contributed by atoms with Gasteiger partial charge in [-0.25, -0.2) is 0 Å². The molecule has 118 valence electrons. The first-order valence-electron chi connectivity index (χ1n) is 7.82. The van der Waals surface area contributed by atoms with Crippen LogP contribution in [0.1, 0.15) is 30.0 Å². The zero-order valence-electron chi connectivity index (χ0n) is 13.4. The lowest BCUT2D eigenvalue weighted by Crippen LogP contribution is -2.31. The highest BCUT2D eigenvalue weighted by Gasteiger charge is 2.04. The highest BCUT2D eigenvalue weighted by Crippen LogP contribution is 2.16. The topological polar surface area (TPSA) is 41.5 Å². The summed E-state index contributed by atoms with van der Waals surface area (Å²) >= 11 is 0. The largest absolute Gasteiger partial charge is 0.489 e. The van der Waals surface area contributed by atoms with Gasteiger partial charge in [-0.1, -0.05) is 48.9 Å². The SMILES string of the molecule is CCC(CO)NCc1cccc(OCc2cccc(C)c2)c1. The van der Waals surface area contributed by atoms with Crippen LogP contribution in [0.5, 0.6) is 5.75 Å². The van der Waals surface area contributed by atoms with Crippen LogP contribution < -0.4 is 10.1 Å². The average molecular weight is 299 g/mol. The van der Waals surface area contributed by atoms with Gasteiger partial charge in [0.25, 0.3) is 0 Å². The fourth-order valence-corrected chi connectivity index (χ4v) is 2.31. The van der Waals surface area contributed by atoms with Gasteiger partial charge in [0.15, 0.2) is 0 Å². The van der Waals surface area contributed by atoms with Crippen molar-refractivity contribution in [3.05, 3.63) is 65.2 Å². The Morgan fingerprint density at radius 2 is 1.86 bits per heavy atom. The average Bonchev–Trinajstić information content (AvgIpc) is 2.54. The Balaban J connectivity index is 1.91. The Kier molecular flexibility index (Phi) is 6.44. The molecule has 2 rings (SSSR count). The quantitative estimate of drug-likeness (QED) is 0.784. The highest BCUT2D eigenvalue weighted by molar-refractivity contribution is 5.29. The van der Waals surface area contributed by atoms with E-state index in [4.69, 9.17) is 4.74 Å². The van der Waals surface area contributed by atoms with E-state index in [2.05, 4.69) is 43.4 Å². The summed E-state index contributed by atoms with van der Waals surface area (Å²) in [6.45, 7) is 5.63. The Morgan fingerprint density at radius 1 is 1.09 bits per heavy atom. The van der Waals surface area contributed by atoms with E-state index in [0.717, 1.165) is 24.3 Å². The molecule has 0 amide bonds. The van der Waals surface area contributed by atoms with Gasteiger partial charge in [0.1, 0.15) is 12.4 Å². The molecule has 0 spiro atoms. The number of nitrogens with one attached hydrogen (secondary N) is 1. The van der Waals surface area contributed by atoms with Crippen molar-refractivity contribution < 1.29 is 9.84 Å². The van der Waals surface area contributed by atoms with Crippen LogP contribution in [-0.4, -0.2) is 17.8 Å². The fraction of sp³-hybridized carbons (Fsp3) is 0.368. The van der Waals surface area contributed by atoms with Crippen LogP contribution in [0.4, 0.5) is 0 Å². The van der Waals surface area contributed by atoms with E-state index in [1.54, 1.807) is 0 Å². The van der Waals surface area contributed by atoms with Crippen molar-refractivity contribution in [1.82, 2.24) is 5.32 Å². The number of hydrogen-bond donors (Lipinski definition) is 2. The smallest absolute Gasteiger partial charge is 0.120 e. The van der Waals surface area contributed by atoms with E-state index in [1.807, 2.05) is 24.3 Å². The molecule has 0 fully saturated rings. The number of rotatable bonds is 8. The van der Waals surface area contributed by atoms with Gasteiger partial charge < -0.3 is 15.2 Å². The van der Waals surface area contributed by atoms with Crippen LogP contribution in [0.15, 0.2) is 48.5 Å². The zero-order chi connectivity index (χ0) is 15.8. The van der Waals surface area contributed by atoms with E-state index in [1.165, 1.54) is 11.1 Å². The second kappa shape index (κ2) is 8.57. The monoisotopic (exact) mass is 299 g/mol. The fourth-order valence-electron chi connectivity index (χ4n) is 2.31. The van der Waals surface area contributed by atoms with E-state index in [0.29, 0.717) is 6.61 Å². The molecule has 0 saturated carbocycles. The van der Waals surface area contributed by atoms with E-state index < -0.39 is 0 Å². The molecule has 1 unspecified atom stereocenters. The molecule has 3 heteroatoms. The molecule has 0 saturated heterocycles. The van der Waals surface area contributed by atoms with Crippen molar-refractivity contribution in [3.8, 4) is 5.75 Å². The molecule has 1 atom stereocenters. The first-order chi connectivity index (χ1) is 10.7. The van der Waals surface area contributed by atoms with Crippen molar-refractivity contribution >= 4 is 0 Å². The number of aryl methyl sites for hydroxylation is 1. The van der Waals surface area contributed by atoms with Crippen LogP contribution in [0.3, 0.4) is 0 Å². The lowest BCUT2D eigenvalue weighted by Gasteiger charge is -2.14. The number of aliphatic hydroxyl groups is 1. The van der Waals surface area contributed by atoms with Crippen molar-refractivity contribution in [1.29, 1.82) is 0 Å². The molecule has 0 aliphatic heterocycles. The molecule has 0 aliphatic carbocycles. The maximum Gasteiger partial charge on any atom is 0.120 e. The number of aliphatic hydroxyl groups excluding tert-OH is 1. The molecule has 0 radical (unpaired) electrons. The van der Waals surface area contributed by atoms with Gasteiger partial charge in [-0.05, 0) is 36.6 Å². The molecule has 22 heavy (non-hydrogen) atoms. The Bertz CT molecular complexity index is 579. The van der Waals surface area contributed by atoms with E-state index in [-0.39, 0.29) is 12.6 Å². The molecule has 2 N–H and O–H groups in total. The van der Waals surface area contributed by atoms with Crippen LogP contribution >= 0.6 is 0 Å². The summed E-state index contributed by atoms with van der Waals surface area (Å²) in [4.78, 5) is 0. The minimum atomic E-state index is 0.150. The third-order valence-electron chi connectivity index (χ3n) is 3.69. The molecule has 2 aromatic rings. The predicted octanol–water partition coefficient (Wildman–Crippen LogP) is 3.43. The molecule has 0 heterocycles. The van der Waals surface area contributed by atoms with Crippen LogP contribution in [0.25, 0.3) is 0 Å². The minimum Gasteiger partial charge on any atom is -0.489 e. The summed E-state index contributed by atoms with van der Waals surface area (Å²) in [7, 11) is 0. The molecule has 0 bridgehead atoms. The third-order valence-corrected chi connectivity index (χ3v) is 3.69. The lowest BCUT2D eigenvalue weighted by molar-refractivity contribution is 0.238. The van der Waals surface area contributed by atoms with Crippen molar-refractivity contribution in [2.24, 2.45) is 0 Å². The van der Waals surface area contributed by atoms with Crippen molar-refractivity contribution in [2.75, 3.05) is 6.61 Å². The lowest BCUT2D eigenvalue weighted by atomic mass is 10.1. The van der Waals surface area contributed by atoms with Crippen LogP contribution in [0.2, 0.25) is 0 Å². The summed E-state index contributed by atoms with van der Waals surface area (Å²) in [5.41, 5.74) is 3.58. The normalized spacial score (nSPS) is 12.1. The molecule has 2 aromatic carbocycles. The third kappa shape index (κ3) is 5.17. The predicted molar refractivity (Wildman–Crippen MR) is 90.0 cm³/mol. The summed E-state index contributed by atoms with van der Waals surface area (Å²) in [5.74, 6) is 0.873. The summed E-state index contributed by atoms with van der Waals surface area (Å²) in [6.07, 6.45) is 0.917. The Morgan fingerprint density at radius 3 is 2.59 bits per heavy atom. The number of hydrogen-bond acceptors (Lipinski definition) is 3. The van der Waals surface area contributed by atoms with Gasteiger partial charge >= 0.3 is 0 Å². The van der Waals surface area contributed by atoms with Gasteiger partial charge in [-0.15, -0.1) is 0 Å². The molecule has 0 aliphatic rings.